The number of rotatable bonds is 8. The van der Waals surface area contributed by atoms with E-state index < -0.39 is 5.97 Å². The van der Waals surface area contributed by atoms with Crippen molar-refractivity contribution in [1.82, 2.24) is 4.90 Å². The van der Waals surface area contributed by atoms with Gasteiger partial charge in [-0.15, -0.1) is 11.3 Å². The molecule has 0 spiro atoms. The summed E-state index contributed by atoms with van der Waals surface area (Å²) >= 11 is 7.33. The van der Waals surface area contributed by atoms with Crippen LogP contribution < -0.4 is 0 Å². The SMILES string of the molecule is CCN(Cc1ccc(Cl)s1)C(=O)CCCCC(=O)O. The summed E-state index contributed by atoms with van der Waals surface area (Å²) in [4.78, 5) is 25.2. The minimum Gasteiger partial charge on any atom is -0.481 e. The number of nitrogens with zero attached hydrogens (tertiary/aromatic N) is 1. The van der Waals surface area contributed by atoms with E-state index in [4.69, 9.17) is 16.7 Å². The maximum atomic E-state index is 12.0. The molecule has 1 N–H and O–H groups in total. The second-order valence-corrected chi connectivity index (χ2v) is 6.01. The van der Waals surface area contributed by atoms with Crippen molar-refractivity contribution < 1.29 is 14.7 Å². The van der Waals surface area contributed by atoms with Gasteiger partial charge in [-0.3, -0.25) is 9.59 Å². The van der Waals surface area contributed by atoms with Crippen molar-refractivity contribution in [1.29, 1.82) is 0 Å². The van der Waals surface area contributed by atoms with Crippen LogP contribution in [0.15, 0.2) is 12.1 Å². The van der Waals surface area contributed by atoms with Gasteiger partial charge in [-0.1, -0.05) is 11.6 Å². The maximum absolute atomic E-state index is 12.0. The van der Waals surface area contributed by atoms with Gasteiger partial charge in [0.15, 0.2) is 0 Å². The van der Waals surface area contributed by atoms with E-state index in [2.05, 4.69) is 0 Å². The molecule has 0 fully saturated rings. The van der Waals surface area contributed by atoms with Gasteiger partial charge in [-0.2, -0.15) is 0 Å². The van der Waals surface area contributed by atoms with Crippen molar-refractivity contribution in [2.24, 2.45) is 0 Å². The third-order valence-electron chi connectivity index (χ3n) is 2.74. The summed E-state index contributed by atoms with van der Waals surface area (Å²) in [5.41, 5.74) is 0. The summed E-state index contributed by atoms with van der Waals surface area (Å²) < 4.78 is 0.722. The first-order chi connectivity index (χ1) is 9.02. The quantitative estimate of drug-likeness (QED) is 0.749. The molecule has 1 rings (SSSR count). The molecular weight excluding hydrogens is 286 g/mol. The van der Waals surface area contributed by atoms with Gasteiger partial charge in [-0.05, 0) is 31.9 Å². The number of carboxylic acids is 1. The topological polar surface area (TPSA) is 57.6 Å². The number of unbranched alkanes of at least 4 members (excludes halogenated alkanes) is 1. The van der Waals surface area contributed by atoms with E-state index in [0.29, 0.717) is 32.4 Å². The van der Waals surface area contributed by atoms with Gasteiger partial charge in [0.25, 0.3) is 0 Å². The van der Waals surface area contributed by atoms with Crippen molar-refractivity contribution in [3.05, 3.63) is 21.3 Å². The zero-order valence-corrected chi connectivity index (χ0v) is 12.5. The lowest BCUT2D eigenvalue weighted by molar-refractivity contribution is -0.137. The normalized spacial score (nSPS) is 10.4. The van der Waals surface area contributed by atoms with Gasteiger partial charge in [0.05, 0.1) is 10.9 Å². The zero-order chi connectivity index (χ0) is 14.3. The Morgan fingerprint density at radius 1 is 1.32 bits per heavy atom. The fraction of sp³-hybridized carbons (Fsp3) is 0.538. The lowest BCUT2D eigenvalue weighted by Crippen LogP contribution is -2.29. The minimum absolute atomic E-state index is 0.0670. The number of aliphatic carboxylic acids is 1. The Kier molecular flexibility index (Phi) is 6.87. The number of thiophene rings is 1. The standard InChI is InChI=1S/C13H18ClNO3S/c1-2-15(9-10-7-8-11(14)19-10)12(16)5-3-4-6-13(17)18/h7-8H,2-6,9H2,1H3,(H,17,18). The Hall–Kier alpha value is -1.07. The Morgan fingerprint density at radius 2 is 2.00 bits per heavy atom. The predicted octanol–water partition coefficient (Wildman–Crippen LogP) is 3.40. The second kappa shape index (κ2) is 8.17. The molecule has 0 aliphatic rings. The summed E-state index contributed by atoms with van der Waals surface area (Å²) in [7, 11) is 0. The number of hydrogen-bond donors (Lipinski definition) is 1. The van der Waals surface area contributed by atoms with Crippen LogP contribution in [0.2, 0.25) is 4.34 Å². The number of halogens is 1. The van der Waals surface area contributed by atoms with Gasteiger partial charge in [0.2, 0.25) is 5.91 Å². The van der Waals surface area contributed by atoms with Crippen molar-refractivity contribution in [2.45, 2.75) is 39.2 Å². The van der Waals surface area contributed by atoms with Gasteiger partial charge in [0.1, 0.15) is 0 Å². The van der Waals surface area contributed by atoms with Crippen LogP contribution in [0.1, 0.15) is 37.5 Å². The molecule has 0 aliphatic carbocycles. The van der Waals surface area contributed by atoms with Gasteiger partial charge >= 0.3 is 5.97 Å². The fourth-order valence-electron chi connectivity index (χ4n) is 1.71. The predicted molar refractivity (Wildman–Crippen MR) is 76.5 cm³/mol. The summed E-state index contributed by atoms with van der Waals surface area (Å²) in [6.07, 6.45) is 1.69. The van der Waals surface area contributed by atoms with Gasteiger partial charge in [0, 0.05) is 24.3 Å². The number of hydrogen-bond acceptors (Lipinski definition) is 3. The first-order valence-corrected chi connectivity index (χ1v) is 7.46. The molecule has 6 heteroatoms. The summed E-state index contributed by atoms with van der Waals surface area (Å²) in [6, 6.07) is 3.75. The third kappa shape index (κ3) is 6.07. The summed E-state index contributed by atoms with van der Waals surface area (Å²) in [6.45, 7) is 3.16. The Labute approximate surface area is 122 Å². The Balaban J connectivity index is 2.37. The van der Waals surface area contributed by atoms with E-state index in [9.17, 15) is 9.59 Å². The molecule has 1 heterocycles. The van der Waals surface area contributed by atoms with Crippen molar-refractivity contribution in [3.8, 4) is 0 Å². The molecule has 1 aromatic heterocycles. The van der Waals surface area contributed by atoms with Crippen LogP contribution in [0.3, 0.4) is 0 Å². The lowest BCUT2D eigenvalue weighted by Gasteiger charge is -2.20. The van der Waals surface area contributed by atoms with Gasteiger partial charge in [-0.25, -0.2) is 0 Å². The van der Waals surface area contributed by atoms with Gasteiger partial charge < -0.3 is 10.0 Å². The van der Waals surface area contributed by atoms with Crippen molar-refractivity contribution >= 4 is 34.8 Å². The molecule has 0 aromatic carbocycles. The van der Waals surface area contributed by atoms with Crippen LogP contribution in [0.25, 0.3) is 0 Å². The molecule has 0 atom stereocenters. The molecule has 0 bridgehead atoms. The molecule has 0 radical (unpaired) electrons. The van der Waals surface area contributed by atoms with E-state index in [1.165, 1.54) is 11.3 Å². The number of carboxylic acid groups (broad SMARTS) is 1. The highest BCUT2D eigenvalue weighted by Gasteiger charge is 2.13. The largest absolute Gasteiger partial charge is 0.481 e. The van der Waals surface area contributed by atoms with Crippen LogP contribution in [0.5, 0.6) is 0 Å². The van der Waals surface area contributed by atoms with E-state index in [-0.39, 0.29) is 12.3 Å². The van der Waals surface area contributed by atoms with Crippen LogP contribution in [0.4, 0.5) is 0 Å². The highest BCUT2D eigenvalue weighted by atomic mass is 35.5. The smallest absolute Gasteiger partial charge is 0.303 e. The second-order valence-electron chi connectivity index (χ2n) is 4.21. The zero-order valence-electron chi connectivity index (χ0n) is 10.9. The fourth-order valence-corrected chi connectivity index (χ4v) is 2.82. The van der Waals surface area contributed by atoms with Crippen molar-refractivity contribution in [3.63, 3.8) is 0 Å². The van der Waals surface area contributed by atoms with Crippen LogP contribution in [-0.2, 0) is 16.1 Å². The monoisotopic (exact) mass is 303 g/mol. The molecule has 106 valence electrons. The van der Waals surface area contributed by atoms with E-state index >= 15 is 0 Å². The van der Waals surface area contributed by atoms with Crippen LogP contribution in [0, 0.1) is 0 Å². The average molecular weight is 304 g/mol. The Bertz CT molecular complexity index is 433. The van der Waals surface area contributed by atoms with E-state index in [1.54, 1.807) is 4.90 Å². The molecule has 0 saturated heterocycles. The lowest BCUT2D eigenvalue weighted by atomic mass is 10.2. The summed E-state index contributed by atoms with van der Waals surface area (Å²) in [5.74, 6) is -0.745. The van der Waals surface area contributed by atoms with E-state index in [1.807, 2.05) is 19.1 Å². The molecule has 0 aliphatic heterocycles. The number of carbonyl (C=O) groups excluding carboxylic acids is 1. The number of amides is 1. The highest BCUT2D eigenvalue weighted by molar-refractivity contribution is 7.16. The van der Waals surface area contributed by atoms with Crippen LogP contribution >= 0.6 is 22.9 Å². The van der Waals surface area contributed by atoms with Crippen LogP contribution in [-0.4, -0.2) is 28.4 Å². The first-order valence-electron chi connectivity index (χ1n) is 6.26. The number of carbonyl (C=O) groups is 2. The molecular formula is C13H18ClNO3S. The molecule has 4 nitrogen and oxygen atoms in total. The minimum atomic E-state index is -0.812. The maximum Gasteiger partial charge on any atom is 0.303 e. The third-order valence-corrected chi connectivity index (χ3v) is 3.96. The molecule has 0 saturated carbocycles. The summed E-state index contributed by atoms with van der Waals surface area (Å²) in [5, 5.41) is 8.52. The molecule has 1 aromatic rings. The highest BCUT2D eigenvalue weighted by Crippen LogP contribution is 2.23. The molecule has 1 amide bonds. The molecule has 0 unspecified atom stereocenters. The molecule has 19 heavy (non-hydrogen) atoms. The van der Waals surface area contributed by atoms with Crippen molar-refractivity contribution in [2.75, 3.05) is 6.54 Å². The average Bonchev–Trinajstić information content (AvgIpc) is 2.76. The Morgan fingerprint density at radius 3 is 2.53 bits per heavy atom. The van der Waals surface area contributed by atoms with E-state index in [0.717, 1.165) is 9.21 Å². The first kappa shape index (κ1) is 16.0.